The molecule has 0 saturated carbocycles. The summed E-state index contributed by atoms with van der Waals surface area (Å²) >= 11 is 0. The van der Waals surface area contributed by atoms with Crippen molar-refractivity contribution in [3.05, 3.63) is 42.7 Å². The van der Waals surface area contributed by atoms with Gasteiger partial charge in [0.2, 0.25) is 0 Å². The summed E-state index contributed by atoms with van der Waals surface area (Å²) in [6, 6.07) is 3.85. The molecule has 0 N–H and O–H groups in total. The quantitative estimate of drug-likeness (QED) is 0.406. The summed E-state index contributed by atoms with van der Waals surface area (Å²) in [7, 11) is 1.55. The van der Waals surface area contributed by atoms with Crippen LogP contribution in [0.15, 0.2) is 42.3 Å². The topological polar surface area (TPSA) is 34.5 Å². The molecule has 3 heteroatoms. The molecule has 14 heavy (non-hydrogen) atoms. The zero-order valence-electron chi connectivity index (χ0n) is 8.31. The molecule has 0 bridgehead atoms. The van der Waals surface area contributed by atoms with E-state index in [0.717, 1.165) is 24.1 Å². The molecule has 0 amide bonds. The Labute approximate surface area is 84.1 Å². The van der Waals surface area contributed by atoms with Gasteiger partial charge in [0.1, 0.15) is 7.11 Å². The van der Waals surface area contributed by atoms with Crippen LogP contribution in [0.1, 0.15) is 18.4 Å². The van der Waals surface area contributed by atoms with Gasteiger partial charge in [-0.25, -0.2) is 0 Å². The van der Waals surface area contributed by atoms with Crippen LogP contribution in [0.4, 0.5) is 0 Å². The van der Waals surface area contributed by atoms with Crippen LogP contribution < -0.4 is 0 Å². The Morgan fingerprint density at radius 3 is 3.14 bits per heavy atom. The van der Waals surface area contributed by atoms with E-state index in [1.165, 1.54) is 0 Å². The summed E-state index contributed by atoms with van der Waals surface area (Å²) in [5.41, 5.74) is 1.90. The fourth-order valence-electron chi connectivity index (χ4n) is 1.13. The fraction of sp³-hybridized carbons (Fsp3) is 0.273. The van der Waals surface area contributed by atoms with Gasteiger partial charge in [0.25, 0.3) is 0 Å². The van der Waals surface area contributed by atoms with E-state index in [9.17, 15) is 0 Å². The van der Waals surface area contributed by atoms with Gasteiger partial charge in [0, 0.05) is 18.0 Å². The zero-order valence-corrected chi connectivity index (χ0v) is 8.31. The van der Waals surface area contributed by atoms with E-state index in [0.29, 0.717) is 0 Å². The average molecular weight is 190 g/mol. The summed E-state index contributed by atoms with van der Waals surface area (Å²) in [5, 5.41) is 3.96. The first-order chi connectivity index (χ1) is 6.88. The predicted molar refractivity (Wildman–Crippen MR) is 57.2 cm³/mol. The maximum absolute atomic E-state index is 4.78. The summed E-state index contributed by atoms with van der Waals surface area (Å²) in [5.74, 6) is 0. The van der Waals surface area contributed by atoms with Crippen LogP contribution in [0.3, 0.4) is 0 Å². The third kappa shape index (κ3) is 3.01. The maximum atomic E-state index is 4.78. The van der Waals surface area contributed by atoms with Gasteiger partial charge in [0.05, 0.1) is 5.71 Å². The summed E-state index contributed by atoms with van der Waals surface area (Å²) in [6.45, 7) is 3.67. The van der Waals surface area contributed by atoms with Gasteiger partial charge >= 0.3 is 0 Å². The van der Waals surface area contributed by atoms with Crippen LogP contribution in [0, 0.1) is 0 Å². The van der Waals surface area contributed by atoms with Crippen molar-refractivity contribution in [2.45, 2.75) is 12.8 Å². The van der Waals surface area contributed by atoms with Gasteiger partial charge in [-0.3, -0.25) is 4.98 Å². The first-order valence-electron chi connectivity index (χ1n) is 4.49. The Bertz CT molecular complexity index is 306. The highest BCUT2D eigenvalue weighted by atomic mass is 16.6. The Hall–Kier alpha value is -1.64. The molecule has 0 aliphatic carbocycles. The van der Waals surface area contributed by atoms with Gasteiger partial charge < -0.3 is 4.84 Å². The molecule has 0 radical (unpaired) electrons. The molecule has 1 heterocycles. The van der Waals surface area contributed by atoms with Crippen molar-refractivity contribution < 1.29 is 4.84 Å². The molecular formula is C11H14N2O. The molecule has 1 rings (SSSR count). The molecule has 74 valence electrons. The number of oxime groups is 1. The number of pyridine rings is 1. The second-order valence-corrected chi connectivity index (χ2v) is 2.79. The van der Waals surface area contributed by atoms with Crippen molar-refractivity contribution in [1.29, 1.82) is 0 Å². The third-order valence-corrected chi connectivity index (χ3v) is 1.78. The van der Waals surface area contributed by atoms with E-state index in [-0.39, 0.29) is 0 Å². The van der Waals surface area contributed by atoms with Gasteiger partial charge in [-0.1, -0.05) is 11.2 Å². The highest BCUT2D eigenvalue weighted by molar-refractivity contribution is 5.99. The van der Waals surface area contributed by atoms with E-state index >= 15 is 0 Å². The summed E-state index contributed by atoms with van der Waals surface area (Å²) in [6.07, 6.45) is 7.09. The first kappa shape index (κ1) is 10.4. The lowest BCUT2D eigenvalue weighted by Crippen LogP contribution is -2.01. The largest absolute Gasteiger partial charge is 0.399 e. The molecule has 3 nitrogen and oxygen atoms in total. The monoisotopic (exact) mass is 190 g/mol. The molecule has 0 aliphatic rings. The van der Waals surface area contributed by atoms with E-state index in [1.54, 1.807) is 19.5 Å². The van der Waals surface area contributed by atoms with Crippen molar-refractivity contribution in [3.8, 4) is 0 Å². The lowest BCUT2D eigenvalue weighted by atomic mass is 10.1. The number of allylic oxidation sites excluding steroid dienone is 1. The molecule has 0 atom stereocenters. The van der Waals surface area contributed by atoms with Gasteiger partial charge in [-0.2, -0.15) is 0 Å². The molecule has 0 saturated heterocycles. The van der Waals surface area contributed by atoms with Gasteiger partial charge in [0.15, 0.2) is 0 Å². The molecule has 1 aromatic rings. The van der Waals surface area contributed by atoms with Crippen LogP contribution in [0.2, 0.25) is 0 Å². The molecule has 0 aliphatic heterocycles. The Balaban J connectivity index is 2.78. The van der Waals surface area contributed by atoms with Crippen LogP contribution in [-0.2, 0) is 4.84 Å². The predicted octanol–water partition coefficient (Wildman–Crippen LogP) is 2.40. The van der Waals surface area contributed by atoms with Crippen LogP contribution in [0.25, 0.3) is 0 Å². The normalized spacial score (nSPS) is 11.1. The maximum Gasteiger partial charge on any atom is 0.106 e. The Morgan fingerprint density at radius 2 is 2.57 bits per heavy atom. The lowest BCUT2D eigenvalue weighted by Gasteiger charge is -2.02. The van der Waals surface area contributed by atoms with E-state index in [4.69, 9.17) is 4.84 Å². The Morgan fingerprint density at radius 1 is 1.71 bits per heavy atom. The van der Waals surface area contributed by atoms with Gasteiger partial charge in [-0.15, -0.1) is 6.58 Å². The molecule has 0 fully saturated rings. The van der Waals surface area contributed by atoms with Crippen molar-refractivity contribution in [2.24, 2.45) is 5.16 Å². The number of rotatable bonds is 5. The number of hydrogen-bond acceptors (Lipinski definition) is 3. The van der Waals surface area contributed by atoms with E-state index < -0.39 is 0 Å². The smallest absolute Gasteiger partial charge is 0.106 e. The zero-order chi connectivity index (χ0) is 10.2. The van der Waals surface area contributed by atoms with Crippen LogP contribution >= 0.6 is 0 Å². The van der Waals surface area contributed by atoms with E-state index in [2.05, 4.69) is 16.7 Å². The number of aromatic nitrogens is 1. The second-order valence-electron chi connectivity index (χ2n) is 2.79. The molecule has 0 spiro atoms. The minimum atomic E-state index is 0.822. The highest BCUT2D eigenvalue weighted by Crippen LogP contribution is 2.05. The standard InChI is InChI=1S/C11H14N2O/c1-3-4-7-11(13-14-2)10-6-5-8-12-9-10/h3,5-6,8-9H,1,4,7H2,2H3. The average Bonchev–Trinajstić information content (AvgIpc) is 2.25. The first-order valence-corrected chi connectivity index (χ1v) is 4.49. The van der Waals surface area contributed by atoms with Crippen molar-refractivity contribution in [2.75, 3.05) is 7.11 Å². The number of hydrogen-bond donors (Lipinski definition) is 0. The van der Waals surface area contributed by atoms with Crippen LogP contribution in [-0.4, -0.2) is 17.8 Å². The SMILES string of the molecule is C=CCCC(=NOC)c1cccnc1. The second kappa shape index (κ2) is 5.91. The highest BCUT2D eigenvalue weighted by Gasteiger charge is 2.02. The number of nitrogens with zero attached hydrogens (tertiary/aromatic N) is 2. The third-order valence-electron chi connectivity index (χ3n) is 1.78. The van der Waals surface area contributed by atoms with Crippen molar-refractivity contribution in [3.63, 3.8) is 0 Å². The fourth-order valence-corrected chi connectivity index (χ4v) is 1.13. The summed E-state index contributed by atoms with van der Waals surface area (Å²) in [4.78, 5) is 8.82. The molecule has 1 aromatic heterocycles. The molecule has 0 aromatic carbocycles. The Kier molecular flexibility index (Phi) is 4.41. The van der Waals surface area contributed by atoms with Crippen LogP contribution in [0.5, 0.6) is 0 Å². The molecular weight excluding hydrogens is 176 g/mol. The summed E-state index contributed by atoms with van der Waals surface area (Å²) < 4.78 is 0. The van der Waals surface area contributed by atoms with Crippen molar-refractivity contribution in [1.82, 2.24) is 4.98 Å². The minimum Gasteiger partial charge on any atom is -0.399 e. The minimum absolute atomic E-state index is 0.822. The lowest BCUT2D eigenvalue weighted by molar-refractivity contribution is 0.213. The van der Waals surface area contributed by atoms with Gasteiger partial charge in [-0.05, 0) is 25.0 Å². The van der Waals surface area contributed by atoms with E-state index in [1.807, 2.05) is 18.2 Å². The molecule has 0 unspecified atom stereocenters. The van der Waals surface area contributed by atoms with Crippen molar-refractivity contribution >= 4 is 5.71 Å².